The summed E-state index contributed by atoms with van der Waals surface area (Å²) in [6, 6.07) is 11.7. The van der Waals surface area contributed by atoms with Gasteiger partial charge in [-0.2, -0.15) is 5.10 Å². The molecule has 41 heavy (non-hydrogen) atoms. The molecule has 1 aromatic carbocycles. The summed E-state index contributed by atoms with van der Waals surface area (Å²) in [5, 5.41) is 5.55. The average Bonchev–Trinajstić information content (AvgIpc) is 3.52. The monoisotopic (exact) mass is 570 g/mol. The van der Waals surface area contributed by atoms with Crippen LogP contribution in [-0.2, 0) is 11.8 Å². The number of halogens is 1. The van der Waals surface area contributed by atoms with Crippen LogP contribution in [0, 0.1) is 11.3 Å². The third kappa shape index (κ3) is 5.61. The standard InChI is InChI=1S/C36H47ClN4/c1-5-28-11-12-32(22-33(28)37)36-17-14-35(15-18-36,16-19-36)25-40(27(4)29-9-7-6-8-10-29)34-21-30(13-20-38-34)31-23-39-41(24-31)26(2)3/h11-13,20-24,26,29H,4-10,14-19,25H2,1-3H3. The number of anilines is 1. The Hall–Kier alpha value is -2.59. The molecule has 2 bridgehead atoms. The molecule has 4 aliphatic carbocycles. The van der Waals surface area contributed by atoms with Crippen LogP contribution in [0.25, 0.3) is 11.1 Å². The Morgan fingerprint density at radius 3 is 2.39 bits per heavy atom. The lowest BCUT2D eigenvalue weighted by Gasteiger charge is -2.55. The number of nitrogens with zero attached hydrogens (tertiary/aromatic N) is 4. The fourth-order valence-corrected chi connectivity index (χ4v) is 8.25. The second kappa shape index (κ2) is 11.6. The summed E-state index contributed by atoms with van der Waals surface area (Å²) in [6.45, 7) is 12.3. The molecule has 0 aliphatic heterocycles. The molecule has 4 nitrogen and oxygen atoms in total. The minimum Gasteiger partial charge on any atom is -0.330 e. The highest BCUT2D eigenvalue weighted by Gasteiger charge is 2.50. The van der Waals surface area contributed by atoms with E-state index in [0.29, 0.717) is 17.4 Å². The van der Waals surface area contributed by atoms with Crippen molar-refractivity contribution in [2.75, 3.05) is 11.4 Å². The van der Waals surface area contributed by atoms with Gasteiger partial charge in [-0.05, 0) is 123 Å². The minimum atomic E-state index is 0.289. The lowest BCUT2D eigenvalue weighted by atomic mass is 9.51. The Bertz CT molecular complexity index is 1360. The molecule has 0 saturated heterocycles. The average molecular weight is 571 g/mol. The minimum absolute atomic E-state index is 0.289. The molecule has 3 aromatic rings. The number of pyridine rings is 1. The molecule has 7 rings (SSSR count). The van der Waals surface area contributed by atoms with Crippen LogP contribution in [0.2, 0.25) is 5.02 Å². The fourth-order valence-electron chi connectivity index (χ4n) is 7.93. The zero-order chi connectivity index (χ0) is 28.6. The van der Waals surface area contributed by atoms with Crippen molar-refractivity contribution < 1.29 is 0 Å². The molecule has 4 fully saturated rings. The number of rotatable bonds is 9. The van der Waals surface area contributed by atoms with Crippen molar-refractivity contribution in [3.05, 3.63) is 77.3 Å². The fraction of sp³-hybridized carbons (Fsp3) is 0.556. The van der Waals surface area contributed by atoms with Gasteiger partial charge in [0.15, 0.2) is 0 Å². The summed E-state index contributed by atoms with van der Waals surface area (Å²) in [7, 11) is 0. The van der Waals surface area contributed by atoms with E-state index in [1.807, 2.05) is 17.1 Å². The van der Waals surface area contributed by atoms with E-state index in [2.05, 4.69) is 67.3 Å². The van der Waals surface area contributed by atoms with Gasteiger partial charge in [-0.1, -0.05) is 56.5 Å². The largest absolute Gasteiger partial charge is 0.330 e. The Morgan fingerprint density at radius 1 is 1.02 bits per heavy atom. The Balaban J connectivity index is 1.27. The van der Waals surface area contributed by atoms with E-state index < -0.39 is 0 Å². The highest BCUT2D eigenvalue weighted by atomic mass is 35.5. The second-order valence-electron chi connectivity index (χ2n) is 13.6. The van der Waals surface area contributed by atoms with E-state index >= 15 is 0 Å². The molecule has 0 amide bonds. The zero-order valence-electron chi connectivity index (χ0n) is 25.3. The number of fused-ring (bicyclic) bond motifs is 3. The highest BCUT2D eigenvalue weighted by Crippen LogP contribution is 2.58. The van der Waals surface area contributed by atoms with Crippen molar-refractivity contribution in [1.29, 1.82) is 0 Å². The van der Waals surface area contributed by atoms with Crippen molar-refractivity contribution in [2.24, 2.45) is 11.3 Å². The van der Waals surface area contributed by atoms with Gasteiger partial charge >= 0.3 is 0 Å². The van der Waals surface area contributed by atoms with Crippen molar-refractivity contribution in [2.45, 2.75) is 109 Å². The van der Waals surface area contributed by atoms with Crippen LogP contribution in [0.15, 0.2) is 61.2 Å². The summed E-state index contributed by atoms with van der Waals surface area (Å²) >= 11 is 6.70. The zero-order valence-corrected chi connectivity index (χ0v) is 26.1. The number of hydrogen-bond acceptors (Lipinski definition) is 3. The number of aryl methyl sites for hydroxylation is 1. The van der Waals surface area contributed by atoms with Gasteiger partial charge in [-0.15, -0.1) is 0 Å². The van der Waals surface area contributed by atoms with E-state index in [1.165, 1.54) is 93.0 Å². The summed E-state index contributed by atoms with van der Waals surface area (Å²) in [6.07, 6.45) is 21.1. The molecule has 2 aromatic heterocycles. The summed E-state index contributed by atoms with van der Waals surface area (Å²) < 4.78 is 2.03. The van der Waals surface area contributed by atoms with Crippen LogP contribution in [0.3, 0.4) is 0 Å². The number of allylic oxidation sites excluding steroid dienone is 1. The predicted molar refractivity (Wildman–Crippen MR) is 172 cm³/mol. The van der Waals surface area contributed by atoms with Gasteiger partial charge < -0.3 is 4.90 Å². The van der Waals surface area contributed by atoms with Gasteiger partial charge in [0.25, 0.3) is 0 Å². The maximum atomic E-state index is 6.70. The highest BCUT2D eigenvalue weighted by molar-refractivity contribution is 6.31. The van der Waals surface area contributed by atoms with Gasteiger partial charge in [0.1, 0.15) is 5.82 Å². The number of hydrogen-bond donors (Lipinski definition) is 0. The summed E-state index contributed by atoms with van der Waals surface area (Å²) in [4.78, 5) is 7.52. The first kappa shape index (κ1) is 28.5. The maximum absolute atomic E-state index is 6.70. The predicted octanol–water partition coefficient (Wildman–Crippen LogP) is 9.93. The van der Waals surface area contributed by atoms with Gasteiger partial charge in [-0.3, -0.25) is 4.68 Å². The molecule has 5 heteroatoms. The third-order valence-corrected chi connectivity index (χ3v) is 11.2. The number of aromatic nitrogens is 3. The summed E-state index contributed by atoms with van der Waals surface area (Å²) in [5.74, 6) is 1.61. The first-order valence-electron chi connectivity index (χ1n) is 16.1. The van der Waals surface area contributed by atoms with Crippen molar-refractivity contribution in [3.63, 3.8) is 0 Å². The van der Waals surface area contributed by atoms with Crippen LogP contribution in [0.1, 0.15) is 109 Å². The van der Waals surface area contributed by atoms with E-state index in [9.17, 15) is 0 Å². The molecular weight excluding hydrogens is 524 g/mol. The van der Waals surface area contributed by atoms with Crippen LogP contribution in [0.4, 0.5) is 5.82 Å². The molecule has 0 unspecified atom stereocenters. The molecule has 0 N–H and O–H groups in total. The van der Waals surface area contributed by atoms with Crippen LogP contribution < -0.4 is 4.90 Å². The molecule has 0 radical (unpaired) electrons. The van der Waals surface area contributed by atoms with Gasteiger partial charge in [0, 0.05) is 41.3 Å². The van der Waals surface area contributed by atoms with Crippen LogP contribution in [-0.4, -0.2) is 21.3 Å². The molecule has 4 aliphatic rings. The van der Waals surface area contributed by atoms with Crippen molar-refractivity contribution >= 4 is 17.4 Å². The lowest BCUT2D eigenvalue weighted by Crippen LogP contribution is -2.49. The van der Waals surface area contributed by atoms with Crippen LogP contribution in [0.5, 0.6) is 0 Å². The summed E-state index contributed by atoms with van der Waals surface area (Å²) in [5.41, 5.74) is 6.94. The first-order chi connectivity index (χ1) is 19.8. The maximum Gasteiger partial charge on any atom is 0.133 e. The normalized spacial score (nSPS) is 24.6. The van der Waals surface area contributed by atoms with E-state index in [4.69, 9.17) is 23.2 Å². The topological polar surface area (TPSA) is 34.0 Å². The second-order valence-corrected chi connectivity index (χ2v) is 14.0. The Labute approximate surface area is 252 Å². The third-order valence-electron chi connectivity index (χ3n) is 10.9. The van der Waals surface area contributed by atoms with Crippen molar-refractivity contribution in [3.8, 4) is 11.1 Å². The quantitative estimate of drug-likeness (QED) is 0.256. The molecule has 218 valence electrons. The first-order valence-corrected chi connectivity index (χ1v) is 16.5. The number of benzene rings is 1. The van der Waals surface area contributed by atoms with Crippen molar-refractivity contribution in [1.82, 2.24) is 14.8 Å². The van der Waals surface area contributed by atoms with E-state index in [0.717, 1.165) is 29.4 Å². The Kier molecular flexibility index (Phi) is 8.06. The smallest absolute Gasteiger partial charge is 0.133 e. The van der Waals surface area contributed by atoms with Gasteiger partial charge in [0.05, 0.1) is 6.20 Å². The van der Waals surface area contributed by atoms with Crippen LogP contribution >= 0.6 is 11.6 Å². The molecule has 0 spiro atoms. The molecule has 4 saturated carbocycles. The van der Waals surface area contributed by atoms with E-state index in [-0.39, 0.29) is 5.41 Å². The van der Waals surface area contributed by atoms with E-state index in [1.54, 1.807) is 0 Å². The van der Waals surface area contributed by atoms with Gasteiger partial charge in [0.2, 0.25) is 0 Å². The lowest BCUT2D eigenvalue weighted by molar-refractivity contribution is 0.0459. The molecular formula is C36H47ClN4. The SMILES string of the molecule is C=C(C1CCCCC1)N(CC12CCC(c3ccc(CC)c(Cl)c3)(CC1)CC2)c1cc(-c2cnn(C(C)C)c2)ccn1. The molecule has 0 atom stereocenters. The Morgan fingerprint density at radius 2 is 1.76 bits per heavy atom. The molecule has 2 heterocycles. The van der Waals surface area contributed by atoms with Gasteiger partial charge in [-0.25, -0.2) is 4.98 Å².